The van der Waals surface area contributed by atoms with E-state index in [1.54, 1.807) is 12.1 Å². The average molecular weight is 443 g/mol. The molecule has 1 aromatic heterocycles. The summed E-state index contributed by atoms with van der Waals surface area (Å²) in [6, 6.07) is 14.2. The number of benzene rings is 2. The van der Waals surface area contributed by atoms with E-state index in [0.29, 0.717) is 11.3 Å². The number of carbonyl (C=O) groups is 1. The highest BCUT2D eigenvalue weighted by Gasteiger charge is 2.33. The molecule has 0 radical (unpaired) electrons. The molecule has 1 amide bonds. The molecule has 0 unspecified atom stereocenters. The lowest BCUT2D eigenvalue weighted by atomic mass is 10.1. The van der Waals surface area contributed by atoms with E-state index >= 15 is 0 Å². The van der Waals surface area contributed by atoms with Gasteiger partial charge in [-0.1, -0.05) is 37.1 Å². The molecule has 2 aromatic carbocycles. The number of ether oxygens (including phenoxy) is 1. The van der Waals surface area contributed by atoms with Crippen LogP contribution in [0.25, 0.3) is 10.9 Å². The summed E-state index contributed by atoms with van der Waals surface area (Å²) in [5, 5.41) is 3.16. The SMILES string of the molecule is O=C(COc1cccc2ccc(N3CCCCCC3)nc12)Nc1ccccc1C(F)(F)F. The number of para-hydroxylation sites is 2. The largest absolute Gasteiger partial charge is 0.481 e. The highest BCUT2D eigenvalue weighted by Crippen LogP contribution is 2.34. The van der Waals surface area contributed by atoms with E-state index in [9.17, 15) is 18.0 Å². The summed E-state index contributed by atoms with van der Waals surface area (Å²) in [5.74, 6) is 0.597. The number of hydrogen-bond acceptors (Lipinski definition) is 4. The molecule has 1 N–H and O–H groups in total. The third kappa shape index (κ3) is 5.12. The van der Waals surface area contributed by atoms with Gasteiger partial charge >= 0.3 is 6.18 Å². The molecule has 0 saturated carbocycles. The number of nitrogens with one attached hydrogen (secondary N) is 1. The maximum absolute atomic E-state index is 13.1. The number of anilines is 2. The van der Waals surface area contributed by atoms with E-state index in [0.717, 1.165) is 43.2 Å². The summed E-state index contributed by atoms with van der Waals surface area (Å²) in [5.41, 5.74) is -0.576. The Kier molecular flexibility index (Phi) is 6.48. The van der Waals surface area contributed by atoms with Crippen LogP contribution in [0, 0.1) is 0 Å². The number of alkyl halides is 3. The van der Waals surface area contributed by atoms with Gasteiger partial charge in [-0.15, -0.1) is 0 Å². The van der Waals surface area contributed by atoms with Crippen LogP contribution in [-0.4, -0.2) is 30.6 Å². The number of amides is 1. The van der Waals surface area contributed by atoms with E-state index in [-0.39, 0.29) is 5.69 Å². The van der Waals surface area contributed by atoms with Gasteiger partial charge in [-0.2, -0.15) is 13.2 Å². The molecule has 8 heteroatoms. The van der Waals surface area contributed by atoms with Crippen molar-refractivity contribution in [3.05, 3.63) is 60.2 Å². The van der Waals surface area contributed by atoms with Crippen molar-refractivity contribution in [3.63, 3.8) is 0 Å². The predicted octanol–water partition coefficient (Wildman–Crippen LogP) is 5.65. The minimum absolute atomic E-state index is 0.298. The molecule has 1 saturated heterocycles. The second kappa shape index (κ2) is 9.46. The zero-order valence-electron chi connectivity index (χ0n) is 17.5. The Hall–Kier alpha value is -3.29. The van der Waals surface area contributed by atoms with Crippen molar-refractivity contribution in [1.82, 2.24) is 4.98 Å². The van der Waals surface area contributed by atoms with E-state index < -0.39 is 24.3 Å². The van der Waals surface area contributed by atoms with Crippen LogP contribution in [-0.2, 0) is 11.0 Å². The van der Waals surface area contributed by atoms with Gasteiger partial charge < -0.3 is 15.0 Å². The van der Waals surface area contributed by atoms with Gasteiger partial charge in [0.05, 0.1) is 11.3 Å². The van der Waals surface area contributed by atoms with Crippen molar-refractivity contribution in [3.8, 4) is 5.75 Å². The van der Waals surface area contributed by atoms with E-state index in [4.69, 9.17) is 9.72 Å². The molecule has 32 heavy (non-hydrogen) atoms. The molecule has 1 fully saturated rings. The van der Waals surface area contributed by atoms with Crippen LogP contribution in [0.5, 0.6) is 5.75 Å². The van der Waals surface area contributed by atoms with Crippen LogP contribution in [0.15, 0.2) is 54.6 Å². The Morgan fingerprint density at radius 2 is 1.72 bits per heavy atom. The van der Waals surface area contributed by atoms with E-state index in [1.807, 2.05) is 18.2 Å². The number of hydrogen-bond donors (Lipinski definition) is 1. The Morgan fingerprint density at radius 1 is 0.969 bits per heavy atom. The van der Waals surface area contributed by atoms with Gasteiger partial charge in [-0.05, 0) is 43.2 Å². The highest BCUT2D eigenvalue weighted by atomic mass is 19.4. The Bertz CT molecular complexity index is 1090. The van der Waals surface area contributed by atoms with Gasteiger partial charge in [-0.3, -0.25) is 4.79 Å². The highest BCUT2D eigenvalue weighted by molar-refractivity contribution is 5.93. The Morgan fingerprint density at radius 3 is 2.47 bits per heavy atom. The number of nitrogens with zero attached hydrogens (tertiary/aromatic N) is 2. The van der Waals surface area contributed by atoms with Gasteiger partial charge in [0.25, 0.3) is 5.91 Å². The molecule has 2 heterocycles. The van der Waals surface area contributed by atoms with Gasteiger partial charge in [0.15, 0.2) is 6.61 Å². The molecular weight excluding hydrogens is 419 g/mol. The predicted molar refractivity (Wildman–Crippen MR) is 118 cm³/mol. The fourth-order valence-electron chi connectivity index (χ4n) is 3.87. The van der Waals surface area contributed by atoms with E-state index in [1.165, 1.54) is 31.0 Å². The van der Waals surface area contributed by atoms with Crippen LogP contribution in [0.4, 0.5) is 24.7 Å². The van der Waals surface area contributed by atoms with Crippen molar-refractivity contribution < 1.29 is 22.7 Å². The molecule has 0 aliphatic carbocycles. The Labute approximate surface area is 184 Å². The molecule has 5 nitrogen and oxygen atoms in total. The molecule has 3 aromatic rings. The van der Waals surface area contributed by atoms with Crippen LogP contribution >= 0.6 is 0 Å². The van der Waals surface area contributed by atoms with Gasteiger partial charge in [0, 0.05) is 18.5 Å². The zero-order valence-corrected chi connectivity index (χ0v) is 17.5. The zero-order chi connectivity index (χ0) is 22.6. The summed E-state index contributed by atoms with van der Waals surface area (Å²) in [7, 11) is 0. The van der Waals surface area contributed by atoms with E-state index in [2.05, 4.69) is 10.2 Å². The number of fused-ring (bicyclic) bond motifs is 1. The number of aromatic nitrogens is 1. The first-order chi connectivity index (χ1) is 15.4. The van der Waals surface area contributed by atoms with Gasteiger partial charge in [-0.25, -0.2) is 4.98 Å². The minimum atomic E-state index is -4.56. The molecule has 168 valence electrons. The maximum Gasteiger partial charge on any atom is 0.418 e. The number of pyridine rings is 1. The third-order valence-corrected chi connectivity index (χ3v) is 5.46. The fourth-order valence-corrected chi connectivity index (χ4v) is 3.87. The molecule has 0 bridgehead atoms. The summed E-state index contributed by atoms with van der Waals surface area (Å²) in [4.78, 5) is 19.3. The molecular formula is C24H24F3N3O2. The first kappa shape index (κ1) is 21.9. The van der Waals surface area contributed by atoms with Crippen LogP contribution < -0.4 is 15.0 Å². The van der Waals surface area contributed by atoms with Gasteiger partial charge in [0.2, 0.25) is 0 Å². The summed E-state index contributed by atoms with van der Waals surface area (Å²) in [6.07, 6.45) is 0.110. The monoisotopic (exact) mass is 443 g/mol. The van der Waals surface area contributed by atoms with Crippen molar-refractivity contribution in [2.45, 2.75) is 31.9 Å². The van der Waals surface area contributed by atoms with Crippen LogP contribution in [0.2, 0.25) is 0 Å². The third-order valence-electron chi connectivity index (χ3n) is 5.46. The maximum atomic E-state index is 13.1. The topological polar surface area (TPSA) is 54.5 Å². The molecule has 1 aliphatic rings. The summed E-state index contributed by atoms with van der Waals surface area (Å²) < 4.78 is 45.1. The first-order valence-corrected chi connectivity index (χ1v) is 10.7. The van der Waals surface area contributed by atoms with Crippen molar-refractivity contribution in [2.24, 2.45) is 0 Å². The lowest BCUT2D eigenvalue weighted by Gasteiger charge is -2.22. The van der Waals surface area contributed by atoms with Gasteiger partial charge in [0.1, 0.15) is 17.1 Å². The number of rotatable bonds is 5. The summed E-state index contributed by atoms with van der Waals surface area (Å²) >= 11 is 0. The molecule has 4 rings (SSSR count). The average Bonchev–Trinajstić information content (AvgIpc) is 3.06. The molecule has 0 atom stereocenters. The summed E-state index contributed by atoms with van der Waals surface area (Å²) in [6.45, 7) is 1.46. The van der Waals surface area contributed by atoms with Crippen LogP contribution in [0.3, 0.4) is 0 Å². The number of carbonyl (C=O) groups excluding carboxylic acids is 1. The standard InChI is InChI=1S/C24H24F3N3O2/c25-24(26,27)18-9-3-4-10-19(18)28-22(31)16-32-20-11-7-8-17-12-13-21(29-23(17)20)30-14-5-1-2-6-15-30/h3-4,7-13H,1-2,5-6,14-16H2,(H,28,31). The minimum Gasteiger partial charge on any atom is -0.481 e. The normalized spacial score (nSPS) is 14.8. The molecule has 1 aliphatic heterocycles. The smallest absolute Gasteiger partial charge is 0.418 e. The fraction of sp³-hybridized carbons (Fsp3) is 0.333. The van der Waals surface area contributed by atoms with Crippen molar-refractivity contribution in [1.29, 1.82) is 0 Å². The Balaban J connectivity index is 1.49. The lowest BCUT2D eigenvalue weighted by Crippen LogP contribution is -2.25. The molecule has 0 spiro atoms. The second-order valence-corrected chi connectivity index (χ2v) is 7.78. The van der Waals surface area contributed by atoms with Crippen molar-refractivity contribution in [2.75, 3.05) is 29.9 Å². The quantitative estimate of drug-likeness (QED) is 0.554. The van der Waals surface area contributed by atoms with Crippen LogP contribution in [0.1, 0.15) is 31.2 Å². The lowest BCUT2D eigenvalue weighted by molar-refractivity contribution is -0.137. The second-order valence-electron chi connectivity index (χ2n) is 7.78. The van der Waals surface area contributed by atoms with Crippen molar-refractivity contribution >= 4 is 28.3 Å². The number of halogens is 3. The first-order valence-electron chi connectivity index (χ1n) is 10.7.